The summed E-state index contributed by atoms with van der Waals surface area (Å²) in [6.45, 7) is 7.02. The zero-order chi connectivity index (χ0) is 15.7. The maximum absolute atomic E-state index is 9.35. The molecule has 0 radical (unpaired) electrons. The van der Waals surface area contributed by atoms with Crippen LogP contribution >= 0.6 is 0 Å². The largest absolute Gasteiger partial charge is 0.493 e. The standard InChI is InChI=1S/C17H25NO3/c1-4-9-20-15-7-6-14(12-19)16(11-15)21-10-5-8-17(2,3)13-18/h6-7,11,19H,4-5,8-10,12H2,1-3H3. The van der Waals surface area contributed by atoms with Crippen molar-refractivity contribution in [2.75, 3.05) is 13.2 Å². The zero-order valence-electron chi connectivity index (χ0n) is 13.2. The Labute approximate surface area is 127 Å². The third kappa shape index (κ3) is 6.05. The molecule has 0 fully saturated rings. The minimum Gasteiger partial charge on any atom is -0.493 e. The van der Waals surface area contributed by atoms with E-state index < -0.39 is 0 Å². The van der Waals surface area contributed by atoms with Gasteiger partial charge in [0.15, 0.2) is 0 Å². The second-order valence-corrected chi connectivity index (χ2v) is 5.72. The first-order chi connectivity index (χ1) is 10.0. The van der Waals surface area contributed by atoms with Crippen molar-refractivity contribution in [3.8, 4) is 17.6 Å². The van der Waals surface area contributed by atoms with E-state index in [1.54, 1.807) is 0 Å². The lowest BCUT2D eigenvalue weighted by molar-refractivity contribution is 0.251. The van der Waals surface area contributed by atoms with E-state index in [2.05, 4.69) is 13.0 Å². The van der Waals surface area contributed by atoms with Gasteiger partial charge in [0.25, 0.3) is 0 Å². The monoisotopic (exact) mass is 291 g/mol. The van der Waals surface area contributed by atoms with Crippen molar-refractivity contribution in [1.29, 1.82) is 5.26 Å². The molecule has 0 saturated carbocycles. The predicted molar refractivity (Wildman–Crippen MR) is 82.3 cm³/mol. The molecule has 0 aromatic heterocycles. The van der Waals surface area contributed by atoms with Crippen LogP contribution in [0.4, 0.5) is 0 Å². The number of ether oxygens (including phenoxy) is 2. The fourth-order valence-electron chi connectivity index (χ4n) is 1.86. The summed E-state index contributed by atoms with van der Waals surface area (Å²) in [5, 5.41) is 18.3. The second kappa shape index (κ2) is 8.53. The number of nitriles is 1. The number of rotatable bonds is 9. The SMILES string of the molecule is CCCOc1ccc(CO)c(OCCCC(C)(C)C#N)c1. The zero-order valence-corrected chi connectivity index (χ0v) is 13.2. The Morgan fingerprint density at radius 1 is 1.24 bits per heavy atom. The number of aliphatic hydroxyl groups excluding tert-OH is 1. The van der Waals surface area contributed by atoms with Crippen molar-refractivity contribution >= 4 is 0 Å². The van der Waals surface area contributed by atoms with Crippen LogP contribution in [0.3, 0.4) is 0 Å². The Morgan fingerprint density at radius 3 is 2.62 bits per heavy atom. The Balaban J connectivity index is 2.58. The highest BCUT2D eigenvalue weighted by Crippen LogP contribution is 2.26. The summed E-state index contributed by atoms with van der Waals surface area (Å²) in [4.78, 5) is 0. The number of hydrogen-bond donors (Lipinski definition) is 1. The van der Waals surface area contributed by atoms with Crippen LogP contribution in [0, 0.1) is 16.7 Å². The van der Waals surface area contributed by atoms with Crippen LogP contribution in [-0.4, -0.2) is 18.3 Å². The van der Waals surface area contributed by atoms with E-state index in [9.17, 15) is 5.11 Å². The fourth-order valence-corrected chi connectivity index (χ4v) is 1.86. The Hall–Kier alpha value is -1.73. The fraction of sp³-hybridized carbons (Fsp3) is 0.588. The van der Waals surface area contributed by atoms with Gasteiger partial charge in [-0.1, -0.05) is 6.92 Å². The highest BCUT2D eigenvalue weighted by atomic mass is 16.5. The summed E-state index contributed by atoms with van der Waals surface area (Å²) < 4.78 is 11.3. The van der Waals surface area contributed by atoms with Crippen molar-refractivity contribution in [1.82, 2.24) is 0 Å². The first kappa shape index (κ1) is 17.3. The van der Waals surface area contributed by atoms with E-state index in [0.29, 0.717) is 19.0 Å². The molecule has 4 heteroatoms. The maximum atomic E-state index is 9.35. The Bertz CT molecular complexity index is 477. The topological polar surface area (TPSA) is 62.5 Å². The van der Waals surface area contributed by atoms with Gasteiger partial charge >= 0.3 is 0 Å². The molecule has 4 nitrogen and oxygen atoms in total. The molecule has 1 rings (SSSR count). The molecule has 21 heavy (non-hydrogen) atoms. The van der Waals surface area contributed by atoms with Gasteiger partial charge in [0.05, 0.1) is 31.3 Å². The molecule has 0 aliphatic carbocycles. The van der Waals surface area contributed by atoms with E-state index in [1.807, 2.05) is 32.0 Å². The molecule has 0 bridgehead atoms. The average Bonchev–Trinajstić information content (AvgIpc) is 2.49. The third-order valence-electron chi connectivity index (χ3n) is 3.19. The number of benzene rings is 1. The summed E-state index contributed by atoms with van der Waals surface area (Å²) in [7, 11) is 0. The van der Waals surface area contributed by atoms with Gasteiger partial charge in [-0.3, -0.25) is 0 Å². The summed E-state index contributed by atoms with van der Waals surface area (Å²) in [5.74, 6) is 1.40. The summed E-state index contributed by atoms with van der Waals surface area (Å²) >= 11 is 0. The number of nitrogens with zero attached hydrogens (tertiary/aromatic N) is 1. The molecule has 0 spiro atoms. The summed E-state index contributed by atoms with van der Waals surface area (Å²) in [6.07, 6.45) is 2.52. The molecule has 1 aromatic carbocycles. The minimum atomic E-state index is -0.324. The van der Waals surface area contributed by atoms with Gasteiger partial charge in [-0.2, -0.15) is 5.26 Å². The first-order valence-electron chi connectivity index (χ1n) is 7.43. The van der Waals surface area contributed by atoms with Crippen LogP contribution < -0.4 is 9.47 Å². The molecule has 0 atom stereocenters. The highest BCUT2D eigenvalue weighted by Gasteiger charge is 2.16. The summed E-state index contributed by atoms with van der Waals surface area (Å²) in [5.41, 5.74) is 0.424. The molecule has 0 unspecified atom stereocenters. The summed E-state index contributed by atoms with van der Waals surface area (Å²) in [6, 6.07) is 7.75. The van der Waals surface area contributed by atoms with Crippen molar-refractivity contribution in [2.24, 2.45) is 5.41 Å². The molecule has 0 aliphatic heterocycles. The lowest BCUT2D eigenvalue weighted by Crippen LogP contribution is -2.10. The Kier molecular flexibility index (Phi) is 7.04. The van der Waals surface area contributed by atoms with Gasteiger partial charge in [-0.25, -0.2) is 0 Å². The van der Waals surface area contributed by atoms with Crippen LogP contribution in [0.15, 0.2) is 18.2 Å². The van der Waals surface area contributed by atoms with Crippen molar-refractivity contribution < 1.29 is 14.6 Å². The van der Waals surface area contributed by atoms with Gasteiger partial charge in [0.2, 0.25) is 0 Å². The molecule has 0 amide bonds. The molecule has 1 aromatic rings. The number of hydrogen-bond acceptors (Lipinski definition) is 4. The van der Waals surface area contributed by atoms with Crippen LogP contribution in [0.1, 0.15) is 45.6 Å². The van der Waals surface area contributed by atoms with Crippen molar-refractivity contribution in [3.63, 3.8) is 0 Å². The second-order valence-electron chi connectivity index (χ2n) is 5.72. The predicted octanol–water partition coefficient (Wildman–Crippen LogP) is 3.68. The minimum absolute atomic E-state index is 0.0624. The van der Waals surface area contributed by atoms with Gasteiger partial charge in [0, 0.05) is 11.6 Å². The van der Waals surface area contributed by atoms with E-state index in [1.165, 1.54) is 0 Å². The van der Waals surface area contributed by atoms with Crippen LogP contribution in [0.25, 0.3) is 0 Å². The molecule has 1 N–H and O–H groups in total. The maximum Gasteiger partial charge on any atom is 0.128 e. The third-order valence-corrected chi connectivity index (χ3v) is 3.19. The normalized spacial score (nSPS) is 11.0. The van der Waals surface area contributed by atoms with E-state index in [-0.39, 0.29) is 12.0 Å². The number of aliphatic hydroxyl groups is 1. The van der Waals surface area contributed by atoms with Gasteiger partial charge in [-0.15, -0.1) is 0 Å². The van der Waals surface area contributed by atoms with E-state index >= 15 is 0 Å². The van der Waals surface area contributed by atoms with Gasteiger partial charge in [-0.05, 0) is 45.2 Å². The highest BCUT2D eigenvalue weighted by molar-refractivity contribution is 5.40. The molecule has 0 heterocycles. The van der Waals surface area contributed by atoms with Gasteiger partial charge in [0.1, 0.15) is 11.5 Å². The smallest absolute Gasteiger partial charge is 0.128 e. The first-order valence-corrected chi connectivity index (χ1v) is 7.43. The molecule has 116 valence electrons. The van der Waals surface area contributed by atoms with E-state index in [0.717, 1.165) is 30.6 Å². The Morgan fingerprint density at radius 2 is 2.00 bits per heavy atom. The molecular weight excluding hydrogens is 266 g/mol. The molecule has 0 saturated heterocycles. The van der Waals surface area contributed by atoms with Gasteiger partial charge < -0.3 is 14.6 Å². The van der Waals surface area contributed by atoms with Crippen molar-refractivity contribution in [3.05, 3.63) is 23.8 Å². The lowest BCUT2D eigenvalue weighted by Gasteiger charge is -2.16. The van der Waals surface area contributed by atoms with Crippen LogP contribution in [0.2, 0.25) is 0 Å². The van der Waals surface area contributed by atoms with Crippen LogP contribution in [-0.2, 0) is 6.61 Å². The molecular formula is C17H25NO3. The quantitative estimate of drug-likeness (QED) is 0.705. The average molecular weight is 291 g/mol. The molecule has 0 aliphatic rings. The van der Waals surface area contributed by atoms with E-state index in [4.69, 9.17) is 14.7 Å². The van der Waals surface area contributed by atoms with Crippen molar-refractivity contribution in [2.45, 2.75) is 46.6 Å². The van der Waals surface area contributed by atoms with Crippen LogP contribution in [0.5, 0.6) is 11.5 Å². The lowest BCUT2D eigenvalue weighted by atomic mass is 9.90.